The average Bonchev–Trinajstić information content (AvgIpc) is 2.38. The number of primary amides is 1. The third-order valence-corrected chi connectivity index (χ3v) is 3.39. The van der Waals surface area contributed by atoms with Gasteiger partial charge in [0.05, 0.1) is 0 Å². The van der Waals surface area contributed by atoms with Crippen molar-refractivity contribution < 1.29 is 4.79 Å². The van der Waals surface area contributed by atoms with E-state index in [0.29, 0.717) is 11.5 Å². The molecule has 17 heavy (non-hydrogen) atoms. The summed E-state index contributed by atoms with van der Waals surface area (Å²) in [4.78, 5) is 11.5. The first kappa shape index (κ1) is 11.9. The van der Waals surface area contributed by atoms with E-state index in [1.807, 2.05) is 25.2 Å². The fourth-order valence-corrected chi connectivity index (χ4v) is 2.55. The van der Waals surface area contributed by atoms with Crippen molar-refractivity contribution in [3.63, 3.8) is 0 Å². The zero-order valence-electron chi connectivity index (χ0n) is 10.1. The Bertz CT molecular complexity index is 411. The molecule has 1 fully saturated rings. The molecule has 1 heterocycles. The van der Waals surface area contributed by atoms with Crippen molar-refractivity contribution >= 4 is 11.6 Å². The normalized spacial score (nSPS) is 16.8. The number of hydrogen-bond acceptors (Lipinski definition) is 3. The van der Waals surface area contributed by atoms with Crippen molar-refractivity contribution in [3.8, 4) is 0 Å². The van der Waals surface area contributed by atoms with Crippen molar-refractivity contribution in [3.05, 3.63) is 29.3 Å². The van der Waals surface area contributed by atoms with Gasteiger partial charge >= 0.3 is 0 Å². The van der Waals surface area contributed by atoms with E-state index in [1.165, 1.54) is 0 Å². The van der Waals surface area contributed by atoms with Gasteiger partial charge in [0.2, 0.25) is 5.91 Å². The van der Waals surface area contributed by atoms with Crippen LogP contribution in [0, 0.1) is 0 Å². The molecule has 0 radical (unpaired) electrons. The Morgan fingerprint density at radius 3 is 2.71 bits per heavy atom. The molecule has 1 amide bonds. The molecular formula is C13H19N3O. The van der Waals surface area contributed by atoms with E-state index in [1.54, 1.807) is 0 Å². The number of carbonyl (C=O) groups excluding carboxylic acids is 1. The van der Waals surface area contributed by atoms with Gasteiger partial charge in [-0.05, 0) is 49.5 Å². The maximum Gasteiger partial charge on any atom is 0.249 e. The number of nitrogens with two attached hydrogens (primary N) is 1. The first-order valence-corrected chi connectivity index (χ1v) is 6.05. The minimum Gasteiger partial charge on any atom is -0.388 e. The van der Waals surface area contributed by atoms with E-state index in [-0.39, 0.29) is 5.91 Å². The van der Waals surface area contributed by atoms with Crippen molar-refractivity contribution in [2.45, 2.75) is 18.8 Å². The average molecular weight is 233 g/mol. The maximum atomic E-state index is 11.5. The minimum atomic E-state index is -0.337. The van der Waals surface area contributed by atoms with E-state index in [4.69, 9.17) is 5.73 Å². The van der Waals surface area contributed by atoms with Crippen LogP contribution in [0.15, 0.2) is 18.2 Å². The molecule has 0 spiro atoms. The highest BCUT2D eigenvalue weighted by Crippen LogP contribution is 2.33. The molecule has 4 nitrogen and oxygen atoms in total. The molecule has 0 atom stereocenters. The molecule has 1 aliphatic heterocycles. The van der Waals surface area contributed by atoms with E-state index in [0.717, 1.165) is 37.2 Å². The lowest BCUT2D eigenvalue weighted by atomic mass is 9.85. The molecule has 92 valence electrons. The van der Waals surface area contributed by atoms with Crippen LogP contribution in [0.3, 0.4) is 0 Å². The van der Waals surface area contributed by atoms with Gasteiger partial charge in [-0.3, -0.25) is 4.79 Å². The van der Waals surface area contributed by atoms with Crippen LogP contribution in [0.25, 0.3) is 0 Å². The van der Waals surface area contributed by atoms with E-state index >= 15 is 0 Å². The number of piperidine rings is 1. The summed E-state index contributed by atoms with van der Waals surface area (Å²) in [6.45, 7) is 2.00. The second kappa shape index (κ2) is 5.19. The molecule has 4 heteroatoms. The number of rotatable bonds is 3. The van der Waals surface area contributed by atoms with Gasteiger partial charge in [0.15, 0.2) is 0 Å². The van der Waals surface area contributed by atoms with Crippen LogP contribution in [0.4, 0.5) is 5.69 Å². The minimum absolute atomic E-state index is 0.337. The smallest absolute Gasteiger partial charge is 0.249 e. The van der Waals surface area contributed by atoms with Gasteiger partial charge in [0, 0.05) is 18.3 Å². The van der Waals surface area contributed by atoms with Gasteiger partial charge in [0.1, 0.15) is 0 Å². The molecule has 0 bridgehead atoms. The van der Waals surface area contributed by atoms with Crippen LogP contribution in [0.1, 0.15) is 34.7 Å². The standard InChI is InChI=1S/C13H19N3O/c1-15-11-4-2-3-10(13(14)17)12(11)9-5-7-16-8-6-9/h2-4,9,15-16H,5-8H2,1H3,(H2,14,17). The summed E-state index contributed by atoms with van der Waals surface area (Å²) in [6.07, 6.45) is 2.11. The zero-order chi connectivity index (χ0) is 12.3. The molecule has 1 aromatic carbocycles. The van der Waals surface area contributed by atoms with Crippen LogP contribution >= 0.6 is 0 Å². The molecule has 0 unspecified atom stereocenters. The number of carbonyl (C=O) groups is 1. The predicted octanol–water partition coefficient (Wildman–Crippen LogP) is 1.29. The second-order valence-electron chi connectivity index (χ2n) is 4.41. The molecule has 1 aliphatic rings. The maximum absolute atomic E-state index is 11.5. The van der Waals surface area contributed by atoms with E-state index in [2.05, 4.69) is 10.6 Å². The van der Waals surface area contributed by atoms with Crippen molar-refractivity contribution in [2.24, 2.45) is 5.73 Å². The second-order valence-corrected chi connectivity index (χ2v) is 4.41. The first-order valence-electron chi connectivity index (χ1n) is 6.05. The summed E-state index contributed by atoms with van der Waals surface area (Å²) in [5.41, 5.74) is 8.23. The molecule has 4 N–H and O–H groups in total. The summed E-state index contributed by atoms with van der Waals surface area (Å²) in [6, 6.07) is 5.70. The third-order valence-electron chi connectivity index (χ3n) is 3.39. The summed E-state index contributed by atoms with van der Waals surface area (Å²) < 4.78 is 0. The molecule has 0 aromatic heterocycles. The largest absolute Gasteiger partial charge is 0.388 e. The van der Waals surface area contributed by atoms with E-state index in [9.17, 15) is 4.79 Å². The van der Waals surface area contributed by atoms with Crippen LogP contribution in [-0.2, 0) is 0 Å². The lowest BCUT2D eigenvalue weighted by Gasteiger charge is -2.26. The lowest BCUT2D eigenvalue weighted by molar-refractivity contribution is 0.0998. The van der Waals surface area contributed by atoms with Crippen molar-refractivity contribution in [1.29, 1.82) is 0 Å². The summed E-state index contributed by atoms with van der Waals surface area (Å²) >= 11 is 0. The Labute approximate surface area is 102 Å². The topological polar surface area (TPSA) is 67.1 Å². The fourth-order valence-electron chi connectivity index (χ4n) is 2.55. The molecule has 0 saturated carbocycles. The van der Waals surface area contributed by atoms with Gasteiger partial charge in [-0.15, -0.1) is 0 Å². The Kier molecular flexibility index (Phi) is 3.64. The highest BCUT2D eigenvalue weighted by Gasteiger charge is 2.22. The summed E-state index contributed by atoms with van der Waals surface area (Å²) in [7, 11) is 1.88. The fraction of sp³-hybridized carbons (Fsp3) is 0.462. The highest BCUT2D eigenvalue weighted by atomic mass is 16.1. The number of anilines is 1. The Hall–Kier alpha value is -1.55. The number of hydrogen-bond donors (Lipinski definition) is 3. The summed E-state index contributed by atoms with van der Waals surface area (Å²) in [5, 5.41) is 6.49. The highest BCUT2D eigenvalue weighted by molar-refractivity contribution is 5.96. The van der Waals surface area contributed by atoms with Crippen molar-refractivity contribution in [2.75, 3.05) is 25.5 Å². The van der Waals surface area contributed by atoms with Crippen LogP contribution in [0.5, 0.6) is 0 Å². The van der Waals surface area contributed by atoms with Gasteiger partial charge < -0.3 is 16.4 Å². The Morgan fingerprint density at radius 1 is 1.41 bits per heavy atom. The number of amides is 1. The van der Waals surface area contributed by atoms with Gasteiger partial charge in [-0.25, -0.2) is 0 Å². The third kappa shape index (κ3) is 2.42. The summed E-state index contributed by atoms with van der Waals surface area (Å²) in [5.74, 6) is 0.0815. The number of benzene rings is 1. The number of nitrogens with one attached hydrogen (secondary N) is 2. The van der Waals surface area contributed by atoms with E-state index < -0.39 is 0 Å². The molecule has 2 rings (SSSR count). The molecule has 1 aromatic rings. The zero-order valence-corrected chi connectivity index (χ0v) is 10.1. The Balaban J connectivity index is 2.43. The monoisotopic (exact) mass is 233 g/mol. The lowest BCUT2D eigenvalue weighted by Crippen LogP contribution is -2.28. The van der Waals surface area contributed by atoms with Crippen molar-refractivity contribution in [1.82, 2.24) is 5.32 Å². The van der Waals surface area contributed by atoms with Crippen LogP contribution in [0.2, 0.25) is 0 Å². The first-order chi connectivity index (χ1) is 8.24. The molecule has 1 saturated heterocycles. The SMILES string of the molecule is CNc1cccc(C(N)=O)c1C1CCNCC1. The van der Waals surface area contributed by atoms with Gasteiger partial charge in [0.25, 0.3) is 0 Å². The van der Waals surface area contributed by atoms with Gasteiger partial charge in [-0.1, -0.05) is 6.07 Å². The quantitative estimate of drug-likeness (QED) is 0.737. The molecule has 0 aliphatic carbocycles. The predicted molar refractivity (Wildman–Crippen MR) is 69.4 cm³/mol. The molecular weight excluding hydrogens is 214 g/mol. The van der Waals surface area contributed by atoms with Crippen LogP contribution < -0.4 is 16.4 Å². The van der Waals surface area contributed by atoms with Gasteiger partial charge in [-0.2, -0.15) is 0 Å². The Morgan fingerprint density at radius 2 is 2.12 bits per heavy atom. The van der Waals surface area contributed by atoms with Crippen LogP contribution in [-0.4, -0.2) is 26.0 Å².